The number of nitrogens with zero attached hydrogens (tertiary/aromatic N) is 3. The molecular weight excluding hydrogens is 336 g/mol. The molecule has 2 aromatic rings. The number of ether oxygens (including phenoxy) is 2. The lowest BCUT2D eigenvalue weighted by molar-refractivity contribution is -0.121. The monoisotopic (exact) mass is 356 g/mol. The van der Waals surface area contributed by atoms with E-state index in [1.54, 1.807) is 36.3 Å². The first kappa shape index (κ1) is 16.4. The summed E-state index contributed by atoms with van der Waals surface area (Å²) in [4.78, 5) is 26.8. The minimum absolute atomic E-state index is 0.0837. The van der Waals surface area contributed by atoms with E-state index in [4.69, 9.17) is 9.47 Å². The fourth-order valence-corrected chi connectivity index (χ4v) is 3.42. The number of hydrogen-bond acceptors (Lipinski definition) is 5. The Kier molecular flexibility index (Phi) is 4.24. The topological polar surface area (TPSA) is 85.7 Å². The van der Waals surface area contributed by atoms with E-state index in [2.05, 4.69) is 10.4 Å². The zero-order valence-corrected chi connectivity index (χ0v) is 14.5. The molecule has 136 valence electrons. The summed E-state index contributed by atoms with van der Waals surface area (Å²) in [6, 6.07) is 7.00. The van der Waals surface area contributed by atoms with Gasteiger partial charge in [-0.15, -0.1) is 0 Å². The predicted octanol–water partition coefficient (Wildman–Crippen LogP) is 0.987. The van der Waals surface area contributed by atoms with Gasteiger partial charge in [-0.2, -0.15) is 5.10 Å². The van der Waals surface area contributed by atoms with Gasteiger partial charge in [0.25, 0.3) is 5.91 Å². The van der Waals surface area contributed by atoms with Gasteiger partial charge in [0, 0.05) is 19.8 Å². The highest BCUT2D eigenvalue weighted by molar-refractivity contribution is 5.98. The summed E-state index contributed by atoms with van der Waals surface area (Å²) in [5, 5.41) is 6.95. The van der Waals surface area contributed by atoms with Gasteiger partial charge in [0.05, 0.1) is 30.3 Å². The number of para-hydroxylation sites is 1. The maximum absolute atomic E-state index is 13.2. The second kappa shape index (κ2) is 6.70. The highest BCUT2D eigenvalue weighted by Crippen LogP contribution is 2.35. The minimum Gasteiger partial charge on any atom is -0.486 e. The summed E-state index contributed by atoms with van der Waals surface area (Å²) in [5.41, 5.74) is 1.38. The minimum atomic E-state index is -0.200. The van der Waals surface area contributed by atoms with Crippen molar-refractivity contribution >= 4 is 11.8 Å². The Balaban J connectivity index is 1.62. The average molecular weight is 356 g/mol. The molecule has 0 bridgehead atoms. The van der Waals surface area contributed by atoms with Crippen LogP contribution in [0.5, 0.6) is 11.5 Å². The molecule has 1 atom stereocenters. The Morgan fingerprint density at radius 1 is 1.27 bits per heavy atom. The van der Waals surface area contributed by atoms with Crippen LogP contribution >= 0.6 is 0 Å². The van der Waals surface area contributed by atoms with Crippen LogP contribution in [0.25, 0.3) is 0 Å². The molecule has 3 heterocycles. The molecule has 0 aliphatic carbocycles. The molecular formula is C18H20N4O4. The van der Waals surface area contributed by atoms with Crippen molar-refractivity contribution in [1.82, 2.24) is 20.0 Å². The smallest absolute Gasteiger partial charge is 0.258 e. The molecule has 4 rings (SSSR count). The first-order valence-electron chi connectivity index (χ1n) is 8.58. The number of carbonyl (C=O) groups is 2. The van der Waals surface area contributed by atoms with Crippen molar-refractivity contribution in [3.05, 3.63) is 41.7 Å². The number of hydrogen-bond donors (Lipinski definition) is 1. The third kappa shape index (κ3) is 2.87. The first-order valence-corrected chi connectivity index (χ1v) is 8.58. The predicted molar refractivity (Wildman–Crippen MR) is 92.1 cm³/mol. The molecule has 1 aromatic carbocycles. The van der Waals surface area contributed by atoms with E-state index in [-0.39, 0.29) is 24.3 Å². The molecule has 2 amide bonds. The van der Waals surface area contributed by atoms with Crippen molar-refractivity contribution in [2.24, 2.45) is 0 Å². The second-order valence-corrected chi connectivity index (χ2v) is 6.31. The molecule has 0 spiro atoms. The van der Waals surface area contributed by atoms with Gasteiger partial charge in [0.1, 0.15) is 13.2 Å². The van der Waals surface area contributed by atoms with Gasteiger partial charge < -0.3 is 19.7 Å². The molecule has 8 heteroatoms. The zero-order chi connectivity index (χ0) is 18.1. The Hall–Kier alpha value is -3.03. The molecule has 26 heavy (non-hydrogen) atoms. The number of carbonyl (C=O) groups excluding carboxylic acids is 2. The first-order chi connectivity index (χ1) is 12.7. The summed E-state index contributed by atoms with van der Waals surface area (Å²) in [5.74, 6) is 0.859. The lowest BCUT2D eigenvalue weighted by Gasteiger charge is -2.34. The van der Waals surface area contributed by atoms with Gasteiger partial charge in [-0.1, -0.05) is 6.07 Å². The van der Waals surface area contributed by atoms with E-state index < -0.39 is 0 Å². The Morgan fingerprint density at radius 2 is 2.12 bits per heavy atom. The van der Waals surface area contributed by atoms with Crippen molar-refractivity contribution in [2.45, 2.75) is 19.0 Å². The largest absolute Gasteiger partial charge is 0.486 e. The molecule has 2 aliphatic rings. The van der Waals surface area contributed by atoms with Crippen molar-refractivity contribution in [3.63, 3.8) is 0 Å². The molecule has 0 fully saturated rings. The molecule has 0 saturated heterocycles. The van der Waals surface area contributed by atoms with Crippen molar-refractivity contribution in [3.8, 4) is 11.5 Å². The average Bonchev–Trinajstić information content (AvgIpc) is 3.15. The maximum atomic E-state index is 13.2. The van der Waals surface area contributed by atoms with Gasteiger partial charge in [-0.3, -0.25) is 14.3 Å². The Labute approximate surface area is 150 Å². The van der Waals surface area contributed by atoms with Crippen LogP contribution in [0.15, 0.2) is 30.5 Å². The van der Waals surface area contributed by atoms with Crippen molar-refractivity contribution in [1.29, 1.82) is 0 Å². The molecule has 1 unspecified atom stereocenters. The molecule has 8 nitrogen and oxygen atoms in total. The third-order valence-electron chi connectivity index (χ3n) is 4.67. The lowest BCUT2D eigenvalue weighted by atomic mass is 10.1. The fourth-order valence-electron chi connectivity index (χ4n) is 3.42. The molecule has 1 aromatic heterocycles. The van der Waals surface area contributed by atoms with E-state index in [9.17, 15) is 9.59 Å². The van der Waals surface area contributed by atoms with E-state index >= 15 is 0 Å². The van der Waals surface area contributed by atoms with Crippen LogP contribution in [0, 0.1) is 0 Å². The van der Waals surface area contributed by atoms with Gasteiger partial charge in [0.15, 0.2) is 11.5 Å². The maximum Gasteiger partial charge on any atom is 0.258 e. The lowest BCUT2D eigenvalue weighted by Crippen LogP contribution is -2.43. The van der Waals surface area contributed by atoms with Gasteiger partial charge in [-0.25, -0.2) is 0 Å². The van der Waals surface area contributed by atoms with E-state index in [1.807, 2.05) is 10.7 Å². The molecule has 1 N–H and O–H groups in total. The number of nitrogens with one attached hydrogen (secondary N) is 1. The van der Waals surface area contributed by atoms with Crippen LogP contribution < -0.4 is 14.8 Å². The van der Waals surface area contributed by atoms with Crippen LogP contribution in [0.4, 0.5) is 0 Å². The highest BCUT2D eigenvalue weighted by atomic mass is 16.6. The third-order valence-corrected chi connectivity index (χ3v) is 4.67. The normalized spacial score (nSPS) is 18.2. The fraction of sp³-hybridized carbons (Fsp3) is 0.389. The summed E-state index contributed by atoms with van der Waals surface area (Å²) in [6.45, 7) is 1.74. The van der Waals surface area contributed by atoms with Crippen LogP contribution in [-0.2, 0) is 11.3 Å². The van der Waals surface area contributed by atoms with Gasteiger partial charge >= 0.3 is 0 Å². The standard InChI is InChI=1S/C18H20N4O4/c1-19-16(23)9-13-11-21(10-12-5-6-20-22(12)13)18(24)14-3-2-4-15-17(14)26-8-7-25-15/h2-6,13H,7-11H2,1H3,(H,19,23). The van der Waals surface area contributed by atoms with Gasteiger partial charge in [0.2, 0.25) is 5.91 Å². The SMILES string of the molecule is CNC(=O)CC1CN(C(=O)c2cccc3c2OCCO3)Cc2ccnn21. The summed E-state index contributed by atoms with van der Waals surface area (Å²) >= 11 is 0. The van der Waals surface area contributed by atoms with E-state index in [1.165, 1.54) is 0 Å². The van der Waals surface area contributed by atoms with Crippen molar-refractivity contribution in [2.75, 3.05) is 26.8 Å². The van der Waals surface area contributed by atoms with Crippen molar-refractivity contribution < 1.29 is 19.1 Å². The Morgan fingerprint density at radius 3 is 2.96 bits per heavy atom. The second-order valence-electron chi connectivity index (χ2n) is 6.31. The summed E-state index contributed by atoms with van der Waals surface area (Å²) < 4.78 is 13.1. The summed E-state index contributed by atoms with van der Waals surface area (Å²) in [6.07, 6.45) is 1.96. The van der Waals surface area contributed by atoms with Crippen LogP contribution in [0.2, 0.25) is 0 Å². The van der Waals surface area contributed by atoms with Gasteiger partial charge in [-0.05, 0) is 18.2 Å². The number of rotatable bonds is 3. The molecule has 0 radical (unpaired) electrons. The van der Waals surface area contributed by atoms with E-state index in [0.717, 1.165) is 5.69 Å². The molecule has 2 aliphatic heterocycles. The Bertz CT molecular complexity index is 847. The zero-order valence-electron chi connectivity index (χ0n) is 14.5. The molecule has 0 saturated carbocycles. The number of amides is 2. The number of benzene rings is 1. The highest BCUT2D eigenvalue weighted by Gasteiger charge is 2.32. The van der Waals surface area contributed by atoms with Crippen LogP contribution in [-0.4, -0.2) is 53.3 Å². The number of aromatic nitrogens is 2. The van der Waals surface area contributed by atoms with Crippen LogP contribution in [0.3, 0.4) is 0 Å². The quantitative estimate of drug-likeness (QED) is 0.886. The van der Waals surface area contributed by atoms with Crippen LogP contribution in [0.1, 0.15) is 28.5 Å². The summed E-state index contributed by atoms with van der Waals surface area (Å²) in [7, 11) is 1.60. The number of fused-ring (bicyclic) bond motifs is 2. The van der Waals surface area contributed by atoms with E-state index in [0.29, 0.717) is 43.4 Å².